The van der Waals surface area contributed by atoms with Crippen molar-refractivity contribution in [2.24, 2.45) is 5.92 Å². The van der Waals surface area contributed by atoms with Crippen LogP contribution in [-0.2, 0) is 26.2 Å². The van der Waals surface area contributed by atoms with Gasteiger partial charge in [0, 0.05) is 13.1 Å². The van der Waals surface area contributed by atoms with Gasteiger partial charge in [0.1, 0.15) is 24.1 Å². The number of amides is 2. The van der Waals surface area contributed by atoms with Crippen molar-refractivity contribution >= 4 is 27.5 Å². The summed E-state index contributed by atoms with van der Waals surface area (Å²) < 4.78 is 32.6. The van der Waals surface area contributed by atoms with Crippen molar-refractivity contribution in [3.05, 3.63) is 90.0 Å². The van der Waals surface area contributed by atoms with Crippen molar-refractivity contribution in [2.45, 2.75) is 46.7 Å². The summed E-state index contributed by atoms with van der Waals surface area (Å²) in [4.78, 5) is 28.5. The Morgan fingerprint density at radius 1 is 0.925 bits per heavy atom. The number of carbonyl (C=O) groups is 2. The third-order valence-electron chi connectivity index (χ3n) is 6.29. The summed E-state index contributed by atoms with van der Waals surface area (Å²) in [6.07, 6.45) is 1.44. The average Bonchev–Trinajstić information content (AvgIpc) is 2.91. The first kappa shape index (κ1) is 30.7. The average molecular weight is 566 g/mol. The van der Waals surface area contributed by atoms with Crippen LogP contribution < -0.4 is 14.4 Å². The highest BCUT2D eigenvalue weighted by Crippen LogP contribution is 2.26. The van der Waals surface area contributed by atoms with Gasteiger partial charge in [0.05, 0.1) is 11.9 Å². The molecule has 0 heterocycles. The molecule has 3 aromatic rings. The molecule has 8 nitrogen and oxygen atoms in total. The molecule has 0 saturated carbocycles. The molecule has 40 heavy (non-hydrogen) atoms. The summed E-state index contributed by atoms with van der Waals surface area (Å²) in [6.45, 7) is 8.00. The highest BCUT2D eigenvalue weighted by molar-refractivity contribution is 7.92. The Labute approximate surface area is 238 Å². The monoisotopic (exact) mass is 565 g/mol. The minimum Gasteiger partial charge on any atom is -0.457 e. The van der Waals surface area contributed by atoms with Crippen LogP contribution in [0, 0.1) is 12.8 Å². The van der Waals surface area contributed by atoms with Crippen molar-refractivity contribution in [1.29, 1.82) is 0 Å². The number of benzene rings is 3. The summed E-state index contributed by atoms with van der Waals surface area (Å²) in [5.41, 5.74) is 2.21. The van der Waals surface area contributed by atoms with Crippen molar-refractivity contribution < 1.29 is 22.7 Å². The summed E-state index contributed by atoms with van der Waals surface area (Å²) in [5.74, 6) is 0.702. The third-order valence-corrected chi connectivity index (χ3v) is 7.43. The molecular weight excluding hydrogens is 526 g/mol. The lowest BCUT2D eigenvalue weighted by atomic mass is 10.1. The molecule has 1 N–H and O–H groups in total. The van der Waals surface area contributed by atoms with E-state index in [2.05, 4.69) is 5.32 Å². The van der Waals surface area contributed by atoms with Crippen molar-refractivity contribution in [3.8, 4) is 11.5 Å². The molecule has 0 saturated heterocycles. The van der Waals surface area contributed by atoms with Gasteiger partial charge in [-0.3, -0.25) is 13.9 Å². The van der Waals surface area contributed by atoms with Crippen LogP contribution in [0.25, 0.3) is 0 Å². The van der Waals surface area contributed by atoms with Crippen LogP contribution in [0.1, 0.15) is 38.3 Å². The van der Waals surface area contributed by atoms with E-state index in [1.165, 1.54) is 4.90 Å². The van der Waals surface area contributed by atoms with E-state index >= 15 is 0 Å². The number of nitrogens with zero attached hydrogens (tertiary/aromatic N) is 2. The van der Waals surface area contributed by atoms with Gasteiger partial charge in [-0.2, -0.15) is 0 Å². The Bertz CT molecular complexity index is 1380. The smallest absolute Gasteiger partial charge is 0.244 e. The number of sulfonamides is 1. The molecule has 0 fully saturated rings. The molecule has 0 bridgehead atoms. The first-order valence-corrected chi connectivity index (χ1v) is 15.3. The predicted molar refractivity (Wildman–Crippen MR) is 159 cm³/mol. The van der Waals surface area contributed by atoms with Gasteiger partial charge in [-0.25, -0.2) is 8.42 Å². The zero-order valence-electron chi connectivity index (χ0n) is 23.8. The predicted octanol–water partition coefficient (Wildman–Crippen LogP) is 5.13. The van der Waals surface area contributed by atoms with Crippen LogP contribution in [-0.4, -0.2) is 50.5 Å². The molecule has 3 rings (SSSR count). The molecule has 0 aliphatic rings. The summed E-state index contributed by atoms with van der Waals surface area (Å²) in [6, 6.07) is 22.7. The number of ether oxygens (including phenoxy) is 1. The van der Waals surface area contributed by atoms with E-state index in [0.717, 1.165) is 21.7 Å². The highest BCUT2D eigenvalue weighted by Gasteiger charge is 2.31. The molecule has 0 aliphatic carbocycles. The van der Waals surface area contributed by atoms with Gasteiger partial charge in [0.2, 0.25) is 21.8 Å². The minimum atomic E-state index is -3.83. The molecule has 0 spiro atoms. The second kappa shape index (κ2) is 14.0. The van der Waals surface area contributed by atoms with E-state index in [-0.39, 0.29) is 18.4 Å². The largest absolute Gasteiger partial charge is 0.457 e. The first-order valence-electron chi connectivity index (χ1n) is 13.4. The van der Waals surface area contributed by atoms with E-state index in [9.17, 15) is 18.0 Å². The molecule has 0 radical (unpaired) electrons. The van der Waals surface area contributed by atoms with Gasteiger partial charge in [0.15, 0.2) is 0 Å². The number of para-hydroxylation sites is 1. The second-order valence-corrected chi connectivity index (χ2v) is 12.2. The second-order valence-electron chi connectivity index (χ2n) is 10.3. The topological polar surface area (TPSA) is 96.0 Å². The number of aryl methyl sites for hydroxylation is 1. The highest BCUT2D eigenvalue weighted by atomic mass is 32.2. The van der Waals surface area contributed by atoms with Crippen LogP contribution in [0.3, 0.4) is 0 Å². The van der Waals surface area contributed by atoms with E-state index in [1.807, 2.05) is 82.3 Å². The maximum Gasteiger partial charge on any atom is 0.244 e. The van der Waals surface area contributed by atoms with Gasteiger partial charge in [0.25, 0.3) is 0 Å². The van der Waals surface area contributed by atoms with Crippen LogP contribution in [0.4, 0.5) is 5.69 Å². The molecule has 9 heteroatoms. The molecule has 1 atom stereocenters. The minimum absolute atomic E-state index is 0.176. The van der Waals surface area contributed by atoms with E-state index in [4.69, 9.17) is 4.74 Å². The van der Waals surface area contributed by atoms with Gasteiger partial charge in [-0.05, 0) is 61.2 Å². The molecule has 214 valence electrons. The van der Waals surface area contributed by atoms with Crippen LogP contribution in [0.2, 0.25) is 0 Å². The Kier molecular flexibility index (Phi) is 10.7. The fourth-order valence-electron chi connectivity index (χ4n) is 4.27. The molecule has 3 aromatic carbocycles. The molecule has 0 unspecified atom stereocenters. The molecular formula is C31H39N3O5S. The number of rotatable bonds is 13. The van der Waals surface area contributed by atoms with Gasteiger partial charge < -0.3 is 15.0 Å². The lowest BCUT2D eigenvalue weighted by molar-refractivity contribution is -0.140. The fourth-order valence-corrected chi connectivity index (χ4v) is 5.12. The quantitative estimate of drug-likeness (QED) is 0.310. The van der Waals surface area contributed by atoms with Gasteiger partial charge in [-0.1, -0.05) is 68.8 Å². The zero-order valence-corrected chi connectivity index (χ0v) is 24.6. The van der Waals surface area contributed by atoms with Crippen molar-refractivity contribution in [2.75, 3.05) is 23.7 Å². The van der Waals surface area contributed by atoms with Crippen molar-refractivity contribution in [1.82, 2.24) is 10.2 Å². The maximum absolute atomic E-state index is 13.8. The molecule has 2 amide bonds. The lowest BCUT2D eigenvalue weighted by Gasteiger charge is -2.33. The number of anilines is 1. The van der Waals surface area contributed by atoms with E-state index in [1.54, 1.807) is 24.3 Å². The third kappa shape index (κ3) is 8.84. The standard InChI is InChI=1S/C31H39N3O5S/c1-6-29(31(36)32-20-23(2)3)33(21-25-12-10-11-24(4)19-25)30(35)22-34(40(5,37)38)26-15-17-28(18-16-26)39-27-13-8-7-9-14-27/h7-19,23,29H,6,20-22H2,1-5H3,(H,32,36)/t29-/m1/s1. The summed E-state index contributed by atoms with van der Waals surface area (Å²) in [5, 5.41) is 2.93. The Morgan fingerprint density at radius 3 is 2.15 bits per heavy atom. The van der Waals surface area contributed by atoms with Crippen molar-refractivity contribution in [3.63, 3.8) is 0 Å². The van der Waals surface area contributed by atoms with E-state index in [0.29, 0.717) is 30.2 Å². The van der Waals surface area contributed by atoms with Crippen LogP contribution in [0.15, 0.2) is 78.9 Å². The number of nitrogens with one attached hydrogen (secondary N) is 1. The normalized spacial score (nSPS) is 12.1. The van der Waals surface area contributed by atoms with E-state index < -0.39 is 28.5 Å². The van der Waals surface area contributed by atoms with Crippen LogP contribution in [0.5, 0.6) is 11.5 Å². The maximum atomic E-state index is 13.8. The van der Waals surface area contributed by atoms with Crippen LogP contribution >= 0.6 is 0 Å². The number of hydrogen-bond donors (Lipinski definition) is 1. The molecule has 0 aromatic heterocycles. The Morgan fingerprint density at radius 2 is 1.57 bits per heavy atom. The Hall–Kier alpha value is -3.85. The summed E-state index contributed by atoms with van der Waals surface area (Å²) in [7, 11) is -3.83. The number of hydrogen-bond acceptors (Lipinski definition) is 5. The lowest BCUT2D eigenvalue weighted by Crippen LogP contribution is -2.52. The number of carbonyl (C=O) groups excluding carboxylic acids is 2. The van der Waals surface area contributed by atoms with Gasteiger partial charge in [-0.15, -0.1) is 0 Å². The zero-order chi connectivity index (χ0) is 29.3. The fraction of sp³-hybridized carbons (Fsp3) is 0.355. The SMILES string of the molecule is CC[C@H](C(=O)NCC(C)C)N(Cc1cccc(C)c1)C(=O)CN(c1ccc(Oc2ccccc2)cc1)S(C)(=O)=O. The molecule has 0 aliphatic heterocycles. The first-order chi connectivity index (χ1) is 19.0. The van der Waals surface area contributed by atoms with Gasteiger partial charge >= 0.3 is 0 Å². The Balaban J connectivity index is 1.88. The summed E-state index contributed by atoms with van der Waals surface area (Å²) >= 11 is 0.